The van der Waals surface area contributed by atoms with Crippen LogP contribution in [0.2, 0.25) is 0 Å². The Morgan fingerprint density at radius 2 is 2.00 bits per heavy atom. The van der Waals surface area contributed by atoms with E-state index in [1.165, 1.54) is 34.3 Å². The molecular weight excluding hydrogens is 240 g/mol. The summed E-state index contributed by atoms with van der Waals surface area (Å²) >= 11 is 1.95. The molecule has 1 fully saturated rings. The van der Waals surface area contributed by atoms with Crippen molar-refractivity contribution >= 4 is 28.2 Å². The Bertz CT molecular complexity index is 635. The van der Waals surface area contributed by atoms with Crippen LogP contribution in [0, 0.1) is 0 Å². The van der Waals surface area contributed by atoms with Gasteiger partial charge in [-0.15, -0.1) is 11.8 Å². The van der Waals surface area contributed by atoms with E-state index in [0.717, 1.165) is 6.54 Å². The van der Waals surface area contributed by atoms with Gasteiger partial charge in [-0.3, -0.25) is 9.89 Å². The van der Waals surface area contributed by atoms with Gasteiger partial charge in [-0.1, -0.05) is 36.4 Å². The Morgan fingerprint density at radius 3 is 2.89 bits per heavy atom. The Balaban J connectivity index is 1.75. The molecule has 0 amide bonds. The van der Waals surface area contributed by atoms with Crippen molar-refractivity contribution in [1.82, 2.24) is 4.90 Å². The zero-order valence-electron chi connectivity index (χ0n) is 10.0. The van der Waals surface area contributed by atoms with Gasteiger partial charge in [0.25, 0.3) is 0 Å². The van der Waals surface area contributed by atoms with Crippen molar-refractivity contribution in [2.45, 2.75) is 5.50 Å². The number of benzene rings is 2. The molecule has 2 aliphatic heterocycles. The van der Waals surface area contributed by atoms with Gasteiger partial charge in [0, 0.05) is 18.8 Å². The fraction of sp³-hybridized carbons (Fsp3) is 0.267. The third-order valence-corrected chi connectivity index (χ3v) is 4.78. The van der Waals surface area contributed by atoms with E-state index in [0.29, 0.717) is 5.50 Å². The lowest BCUT2D eigenvalue weighted by Gasteiger charge is -2.10. The van der Waals surface area contributed by atoms with Crippen LogP contribution in [-0.4, -0.2) is 35.0 Å². The van der Waals surface area contributed by atoms with Crippen LogP contribution in [0.3, 0.4) is 0 Å². The number of rotatable bonds is 1. The van der Waals surface area contributed by atoms with Crippen molar-refractivity contribution in [2.24, 2.45) is 4.99 Å². The first kappa shape index (κ1) is 10.6. The molecule has 90 valence electrons. The van der Waals surface area contributed by atoms with Crippen molar-refractivity contribution in [1.29, 1.82) is 0 Å². The number of hydrogen-bond donors (Lipinski definition) is 0. The zero-order chi connectivity index (χ0) is 11.9. The van der Waals surface area contributed by atoms with Crippen LogP contribution in [-0.2, 0) is 0 Å². The van der Waals surface area contributed by atoms with Crippen molar-refractivity contribution in [3.05, 3.63) is 48.0 Å². The van der Waals surface area contributed by atoms with E-state index in [9.17, 15) is 0 Å². The Hall–Kier alpha value is -1.32. The highest BCUT2D eigenvalue weighted by molar-refractivity contribution is 8.00. The zero-order valence-corrected chi connectivity index (χ0v) is 10.9. The molecule has 1 unspecified atom stereocenters. The van der Waals surface area contributed by atoms with Crippen LogP contribution in [0.25, 0.3) is 10.8 Å². The lowest BCUT2D eigenvalue weighted by molar-refractivity contribution is 0.358. The number of hydrogen-bond acceptors (Lipinski definition) is 3. The molecule has 0 aromatic heterocycles. The molecule has 0 N–H and O–H groups in total. The van der Waals surface area contributed by atoms with Gasteiger partial charge in [0.2, 0.25) is 0 Å². The summed E-state index contributed by atoms with van der Waals surface area (Å²) in [6, 6.07) is 15.2. The van der Waals surface area contributed by atoms with Crippen LogP contribution >= 0.6 is 11.8 Å². The first-order valence-corrected chi connectivity index (χ1v) is 7.36. The van der Waals surface area contributed by atoms with E-state index >= 15 is 0 Å². The first-order chi connectivity index (χ1) is 8.90. The molecule has 0 bridgehead atoms. The summed E-state index contributed by atoms with van der Waals surface area (Å²) in [7, 11) is 0. The number of thioether (sulfide) groups is 1. The highest BCUT2D eigenvalue weighted by atomic mass is 32.2. The van der Waals surface area contributed by atoms with Crippen molar-refractivity contribution in [3.63, 3.8) is 0 Å². The monoisotopic (exact) mass is 254 g/mol. The van der Waals surface area contributed by atoms with E-state index in [1.54, 1.807) is 0 Å². The molecule has 18 heavy (non-hydrogen) atoms. The lowest BCUT2D eigenvalue weighted by Crippen LogP contribution is -2.24. The van der Waals surface area contributed by atoms with Crippen molar-refractivity contribution < 1.29 is 0 Å². The predicted molar refractivity (Wildman–Crippen MR) is 78.3 cm³/mol. The topological polar surface area (TPSA) is 15.6 Å². The van der Waals surface area contributed by atoms with Crippen LogP contribution in [0.1, 0.15) is 5.56 Å². The fourth-order valence-corrected chi connectivity index (χ4v) is 3.81. The van der Waals surface area contributed by atoms with E-state index in [-0.39, 0.29) is 0 Å². The average Bonchev–Trinajstić information content (AvgIpc) is 2.99. The van der Waals surface area contributed by atoms with Gasteiger partial charge in [0.05, 0.1) is 5.71 Å². The normalized spacial score (nSPS) is 23.3. The van der Waals surface area contributed by atoms with Gasteiger partial charge >= 0.3 is 0 Å². The minimum absolute atomic E-state index is 0.381. The maximum absolute atomic E-state index is 4.83. The van der Waals surface area contributed by atoms with Crippen molar-refractivity contribution in [2.75, 3.05) is 18.8 Å². The summed E-state index contributed by atoms with van der Waals surface area (Å²) in [5, 5.41) is 2.60. The van der Waals surface area contributed by atoms with Crippen molar-refractivity contribution in [3.8, 4) is 0 Å². The summed E-state index contributed by atoms with van der Waals surface area (Å²) in [4.78, 5) is 7.29. The van der Waals surface area contributed by atoms with Gasteiger partial charge in [0.15, 0.2) is 0 Å². The predicted octanol–water partition coefficient (Wildman–Crippen LogP) is 2.97. The van der Waals surface area contributed by atoms with E-state index in [1.807, 2.05) is 11.8 Å². The molecule has 2 aliphatic rings. The molecule has 2 aromatic rings. The van der Waals surface area contributed by atoms with Gasteiger partial charge in [-0.05, 0) is 22.4 Å². The smallest absolute Gasteiger partial charge is 0.150 e. The second kappa shape index (κ2) is 4.11. The molecule has 0 spiro atoms. The van der Waals surface area contributed by atoms with E-state index < -0.39 is 0 Å². The highest BCUT2D eigenvalue weighted by Gasteiger charge is 2.31. The molecule has 1 atom stereocenters. The van der Waals surface area contributed by atoms with Gasteiger partial charge in [-0.25, -0.2) is 0 Å². The van der Waals surface area contributed by atoms with Crippen LogP contribution in [0.4, 0.5) is 0 Å². The highest BCUT2D eigenvalue weighted by Crippen LogP contribution is 2.30. The second-order valence-electron chi connectivity index (χ2n) is 4.81. The standard InChI is InChI=1S/C15H14N2S/c1-2-4-12-9-13(6-5-11(12)3-1)14-10-17-7-8-18-15(17)16-14/h1-6,9,15H,7-8,10H2. The maximum atomic E-state index is 4.83. The summed E-state index contributed by atoms with van der Waals surface area (Å²) in [5.41, 5.74) is 2.91. The fourth-order valence-electron chi connectivity index (χ4n) is 2.67. The number of fused-ring (bicyclic) bond motifs is 2. The molecule has 0 saturated carbocycles. The largest absolute Gasteiger partial charge is 0.267 e. The molecule has 3 heteroatoms. The molecular formula is C15H14N2S. The van der Waals surface area contributed by atoms with Gasteiger partial charge < -0.3 is 0 Å². The van der Waals surface area contributed by atoms with Crippen LogP contribution < -0.4 is 0 Å². The molecule has 4 rings (SSSR count). The molecule has 2 aromatic carbocycles. The maximum Gasteiger partial charge on any atom is 0.150 e. The lowest BCUT2D eigenvalue weighted by atomic mass is 10.0. The Kier molecular flexibility index (Phi) is 2.42. The Labute approximate surface area is 111 Å². The molecule has 0 radical (unpaired) electrons. The average molecular weight is 254 g/mol. The van der Waals surface area contributed by atoms with Crippen LogP contribution in [0.15, 0.2) is 47.5 Å². The summed E-state index contributed by atoms with van der Waals surface area (Å²) in [6.07, 6.45) is 0. The SMILES string of the molecule is c1ccc2cc(C3=NC4SCCN4C3)ccc2c1. The number of nitrogens with zero attached hydrogens (tertiary/aromatic N) is 2. The van der Waals surface area contributed by atoms with E-state index in [2.05, 4.69) is 47.4 Å². The Morgan fingerprint density at radius 1 is 1.11 bits per heavy atom. The van der Waals surface area contributed by atoms with Crippen LogP contribution in [0.5, 0.6) is 0 Å². The minimum atomic E-state index is 0.381. The summed E-state index contributed by atoms with van der Waals surface area (Å²) < 4.78 is 0. The summed E-state index contributed by atoms with van der Waals surface area (Å²) in [6.45, 7) is 2.19. The second-order valence-corrected chi connectivity index (χ2v) is 5.97. The molecule has 1 saturated heterocycles. The molecule has 2 nitrogen and oxygen atoms in total. The molecule has 0 aliphatic carbocycles. The number of aliphatic imine (C=N–C) groups is 1. The minimum Gasteiger partial charge on any atom is -0.267 e. The van der Waals surface area contributed by atoms with Gasteiger partial charge in [0.1, 0.15) is 5.50 Å². The quantitative estimate of drug-likeness (QED) is 0.777. The van der Waals surface area contributed by atoms with Gasteiger partial charge in [-0.2, -0.15) is 0 Å². The third-order valence-electron chi connectivity index (χ3n) is 3.66. The molecule has 2 heterocycles. The first-order valence-electron chi connectivity index (χ1n) is 6.32. The third kappa shape index (κ3) is 1.66. The summed E-state index contributed by atoms with van der Waals surface area (Å²) in [5.74, 6) is 1.22. The van der Waals surface area contributed by atoms with E-state index in [4.69, 9.17) is 4.99 Å².